The van der Waals surface area contributed by atoms with Gasteiger partial charge in [-0.15, -0.1) is 11.3 Å². The minimum Gasteiger partial charge on any atom is -0.298 e. The van der Waals surface area contributed by atoms with Gasteiger partial charge in [0.05, 0.1) is 22.8 Å². The smallest absolute Gasteiger partial charge is 0.264 e. The normalized spacial score (nSPS) is 13.9. The van der Waals surface area contributed by atoms with E-state index in [2.05, 4.69) is 28.3 Å². The Balaban J connectivity index is 1.40. The molecule has 0 atom stereocenters. The SMILES string of the molecule is CCC/C=C\C=NCc1csc(NC(=O)c2ccc(S(=O)(=O)N3CCCc4ccccc43)cc2)n1. The van der Waals surface area contributed by atoms with E-state index in [-0.39, 0.29) is 10.8 Å². The van der Waals surface area contributed by atoms with E-state index in [1.54, 1.807) is 6.21 Å². The van der Waals surface area contributed by atoms with Gasteiger partial charge in [-0.3, -0.25) is 19.4 Å². The maximum absolute atomic E-state index is 13.3. The number of amides is 1. The Hall–Kier alpha value is -3.30. The van der Waals surface area contributed by atoms with Gasteiger partial charge in [0.15, 0.2) is 5.13 Å². The quantitative estimate of drug-likeness (QED) is 0.388. The van der Waals surface area contributed by atoms with Gasteiger partial charge in [0.2, 0.25) is 0 Å². The first-order valence-electron chi connectivity index (χ1n) is 11.6. The van der Waals surface area contributed by atoms with Crippen molar-refractivity contribution in [1.82, 2.24) is 4.98 Å². The van der Waals surface area contributed by atoms with Gasteiger partial charge in [0.1, 0.15) is 0 Å². The fourth-order valence-corrected chi connectivity index (χ4v) is 6.03. The van der Waals surface area contributed by atoms with Crippen LogP contribution in [0.25, 0.3) is 0 Å². The number of rotatable bonds is 9. The third kappa shape index (κ3) is 6.04. The first-order valence-corrected chi connectivity index (χ1v) is 13.9. The molecule has 0 spiro atoms. The fourth-order valence-electron chi connectivity index (χ4n) is 3.79. The monoisotopic (exact) mass is 508 g/mol. The second kappa shape index (κ2) is 11.4. The number of nitrogens with zero attached hydrogens (tertiary/aromatic N) is 3. The number of aromatic nitrogens is 1. The van der Waals surface area contributed by atoms with Crippen molar-refractivity contribution in [3.05, 3.63) is 82.9 Å². The standard InChI is InChI=1S/C26H28N4O3S2/c1-2-3-4-7-16-27-18-22-19-34-26(28-22)29-25(31)21-12-14-23(15-13-21)35(32,33)30-17-8-10-20-9-5-6-11-24(20)30/h4-7,9,11-16,19H,2-3,8,10,17-18H2,1H3,(H,28,29,31)/b7-4-,27-16?. The van der Waals surface area contributed by atoms with Crippen LogP contribution in [0.5, 0.6) is 0 Å². The maximum atomic E-state index is 13.3. The number of benzene rings is 2. The molecule has 4 rings (SSSR count). The van der Waals surface area contributed by atoms with E-state index in [1.165, 1.54) is 39.9 Å². The molecule has 0 aliphatic carbocycles. The van der Waals surface area contributed by atoms with Crippen LogP contribution in [0.3, 0.4) is 0 Å². The van der Waals surface area contributed by atoms with Gasteiger partial charge in [0.25, 0.3) is 15.9 Å². The number of hydrogen-bond donors (Lipinski definition) is 1. The van der Waals surface area contributed by atoms with E-state index in [0.717, 1.165) is 42.6 Å². The zero-order valence-electron chi connectivity index (χ0n) is 19.6. The van der Waals surface area contributed by atoms with Gasteiger partial charge in [-0.2, -0.15) is 0 Å². The second-order valence-corrected chi connectivity index (χ2v) is 10.9. The number of anilines is 2. The number of unbranched alkanes of at least 4 members (excludes halogenated alkanes) is 1. The Morgan fingerprint density at radius 2 is 2.00 bits per heavy atom. The molecule has 7 nitrogen and oxygen atoms in total. The molecule has 2 aromatic carbocycles. The summed E-state index contributed by atoms with van der Waals surface area (Å²) in [4.78, 5) is 21.5. The summed E-state index contributed by atoms with van der Waals surface area (Å²) >= 11 is 1.33. The second-order valence-electron chi connectivity index (χ2n) is 8.14. The first-order chi connectivity index (χ1) is 17.0. The van der Waals surface area contributed by atoms with Crippen LogP contribution in [0.4, 0.5) is 10.8 Å². The van der Waals surface area contributed by atoms with Gasteiger partial charge in [-0.1, -0.05) is 37.6 Å². The molecule has 1 amide bonds. The summed E-state index contributed by atoms with van der Waals surface area (Å²) in [6.07, 6.45) is 9.51. The lowest BCUT2D eigenvalue weighted by atomic mass is 10.0. The van der Waals surface area contributed by atoms with Crippen molar-refractivity contribution in [2.75, 3.05) is 16.2 Å². The molecular weight excluding hydrogens is 480 g/mol. The third-order valence-corrected chi connectivity index (χ3v) is 8.21. The van der Waals surface area contributed by atoms with Crippen LogP contribution in [-0.4, -0.2) is 32.1 Å². The number of nitrogens with one attached hydrogen (secondary N) is 1. The summed E-state index contributed by atoms with van der Waals surface area (Å²) in [5.74, 6) is -0.343. The fraction of sp³-hybridized carbons (Fsp3) is 0.269. The molecule has 182 valence electrons. The Bertz CT molecular complexity index is 1330. The lowest BCUT2D eigenvalue weighted by molar-refractivity contribution is 0.102. The van der Waals surface area contributed by atoms with Crippen LogP contribution in [0.15, 0.2) is 76.0 Å². The summed E-state index contributed by atoms with van der Waals surface area (Å²) < 4.78 is 28.0. The summed E-state index contributed by atoms with van der Waals surface area (Å²) in [5, 5.41) is 5.11. The van der Waals surface area contributed by atoms with Gasteiger partial charge in [-0.05, 0) is 61.2 Å². The van der Waals surface area contributed by atoms with E-state index in [4.69, 9.17) is 0 Å². The number of aryl methyl sites for hydroxylation is 1. The van der Waals surface area contributed by atoms with Crippen LogP contribution >= 0.6 is 11.3 Å². The lowest BCUT2D eigenvalue weighted by Gasteiger charge is -2.30. The largest absolute Gasteiger partial charge is 0.298 e. The van der Waals surface area contributed by atoms with Gasteiger partial charge < -0.3 is 0 Å². The molecule has 1 aliphatic rings. The number of carbonyl (C=O) groups is 1. The predicted octanol–water partition coefficient (Wildman–Crippen LogP) is 5.46. The number of thiazole rings is 1. The van der Waals surface area contributed by atoms with E-state index in [1.807, 2.05) is 35.7 Å². The average molecular weight is 509 g/mol. The number of para-hydroxylation sites is 1. The molecule has 2 heterocycles. The van der Waals surface area contributed by atoms with Gasteiger partial charge in [-0.25, -0.2) is 13.4 Å². The van der Waals surface area contributed by atoms with Crippen molar-refractivity contribution in [3.63, 3.8) is 0 Å². The molecule has 3 aromatic rings. The predicted molar refractivity (Wildman–Crippen MR) is 142 cm³/mol. The Kier molecular flexibility index (Phi) is 8.09. The number of hydrogen-bond acceptors (Lipinski definition) is 6. The van der Waals surface area contributed by atoms with E-state index < -0.39 is 10.0 Å². The molecule has 0 saturated carbocycles. The van der Waals surface area contributed by atoms with Crippen molar-refractivity contribution >= 4 is 44.3 Å². The molecule has 1 aromatic heterocycles. The molecular formula is C26H28N4O3S2. The molecule has 0 fully saturated rings. The van der Waals surface area contributed by atoms with Crippen LogP contribution in [-0.2, 0) is 23.0 Å². The lowest BCUT2D eigenvalue weighted by Crippen LogP contribution is -2.35. The maximum Gasteiger partial charge on any atom is 0.264 e. The van der Waals surface area contributed by atoms with Crippen molar-refractivity contribution in [2.45, 2.75) is 44.0 Å². The summed E-state index contributed by atoms with van der Waals surface area (Å²) in [7, 11) is -3.72. The number of carbonyl (C=O) groups excluding carboxylic acids is 1. The topological polar surface area (TPSA) is 91.7 Å². The average Bonchev–Trinajstić information content (AvgIpc) is 3.32. The Labute approximate surface area is 210 Å². The molecule has 9 heteroatoms. The number of sulfonamides is 1. The summed E-state index contributed by atoms with van der Waals surface area (Å²) in [5.41, 5.74) is 2.88. The Morgan fingerprint density at radius 1 is 1.20 bits per heavy atom. The van der Waals surface area contributed by atoms with Crippen molar-refractivity contribution < 1.29 is 13.2 Å². The minimum absolute atomic E-state index is 0.160. The molecule has 0 saturated heterocycles. The highest BCUT2D eigenvalue weighted by atomic mass is 32.2. The van der Waals surface area contributed by atoms with Gasteiger partial charge in [0, 0.05) is 23.7 Å². The summed E-state index contributed by atoms with van der Waals surface area (Å²) in [6, 6.07) is 13.6. The van der Waals surface area contributed by atoms with Crippen LogP contribution in [0.2, 0.25) is 0 Å². The molecule has 1 N–H and O–H groups in total. The highest BCUT2D eigenvalue weighted by molar-refractivity contribution is 7.92. The zero-order chi connectivity index (χ0) is 24.7. The molecule has 0 radical (unpaired) electrons. The van der Waals surface area contributed by atoms with Crippen LogP contribution < -0.4 is 9.62 Å². The van der Waals surface area contributed by atoms with Crippen molar-refractivity contribution in [1.29, 1.82) is 0 Å². The molecule has 35 heavy (non-hydrogen) atoms. The van der Waals surface area contributed by atoms with Crippen LogP contribution in [0.1, 0.15) is 47.8 Å². The van der Waals surface area contributed by atoms with E-state index in [9.17, 15) is 13.2 Å². The van der Waals surface area contributed by atoms with E-state index in [0.29, 0.717) is 23.8 Å². The number of allylic oxidation sites excluding steroid dienone is 2. The molecule has 0 bridgehead atoms. The summed E-state index contributed by atoms with van der Waals surface area (Å²) in [6.45, 7) is 3.00. The van der Waals surface area contributed by atoms with Crippen molar-refractivity contribution in [3.8, 4) is 0 Å². The Morgan fingerprint density at radius 3 is 2.80 bits per heavy atom. The third-order valence-electron chi connectivity index (χ3n) is 5.58. The zero-order valence-corrected chi connectivity index (χ0v) is 21.2. The number of fused-ring (bicyclic) bond motifs is 1. The van der Waals surface area contributed by atoms with E-state index >= 15 is 0 Å². The number of aliphatic imine (C=N–C) groups is 1. The molecule has 0 unspecified atom stereocenters. The molecule has 1 aliphatic heterocycles. The first kappa shape index (κ1) is 24.8. The minimum atomic E-state index is -3.72. The van der Waals surface area contributed by atoms with Crippen molar-refractivity contribution in [2.24, 2.45) is 4.99 Å². The van der Waals surface area contributed by atoms with Gasteiger partial charge >= 0.3 is 0 Å². The van der Waals surface area contributed by atoms with Crippen LogP contribution in [0, 0.1) is 0 Å². The highest BCUT2D eigenvalue weighted by Crippen LogP contribution is 2.31. The highest BCUT2D eigenvalue weighted by Gasteiger charge is 2.29.